The van der Waals surface area contributed by atoms with Crippen LogP contribution in [-0.2, 0) is 22.6 Å². The molecule has 36 heavy (non-hydrogen) atoms. The van der Waals surface area contributed by atoms with Gasteiger partial charge in [-0.25, -0.2) is 0 Å². The number of amides is 2. The number of benzene rings is 2. The van der Waals surface area contributed by atoms with Gasteiger partial charge in [0.15, 0.2) is 23.0 Å². The Balaban J connectivity index is 1.11. The summed E-state index contributed by atoms with van der Waals surface area (Å²) in [7, 11) is 3.17. The van der Waals surface area contributed by atoms with Crippen molar-refractivity contribution in [3.05, 3.63) is 53.2 Å². The number of carbonyl (C=O) groups is 2. The number of fused-ring (bicyclic) bond motifs is 2. The van der Waals surface area contributed by atoms with E-state index in [0.29, 0.717) is 37.6 Å². The number of rotatable bonds is 7. The molecule has 3 aliphatic heterocycles. The standard InChI is InChI=1S/C27H31N3O6/c1-33-23-14-20-5-7-29(27(32)16-21(20)15-24(23)34-2)8-6-26(31)30-11-9-28(10-12-30)17-19-3-4-22-25(13-19)36-18-35-22/h3-5,7,13-15H,6,8-12,16-18H2,1-2H3. The molecule has 0 aromatic heterocycles. The van der Waals surface area contributed by atoms with Gasteiger partial charge in [-0.15, -0.1) is 0 Å². The molecule has 9 heteroatoms. The van der Waals surface area contributed by atoms with E-state index in [1.807, 2.05) is 35.2 Å². The van der Waals surface area contributed by atoms with Crippen LogP contribution in [0, 0.1) is 0 Å². The van der Waals surface area contributed by atoms with E-state index >= 15 is 0 Å². The fourth-order valence-electron chi connectivity index (χ4n) is 4.79. The highest BCUT2D eigenvalue weighted by molar-refractivity contribution is 5.85. The second-order valence-electron chi connectivity index (χ2n) is 9.08. The average Bonchev–Trinajstić information content (AvgIpc) is 3.30. The van der Waals surface area contributed by atoms with Crippen molar-refractivity contribution in [2.24, 2.45) is 0 Å². The minimum absolute atomic E-state index is 0.0430. The van der Waals surface area contributed by atoms with Crippen molar-refractivity contribution < 1.29 is 28.5 Å². The summed E-state index contributed by atoms with van der Waals surface area (Å²) < 4.78 is 21.6. The Bertz CT molecular complexity index is 1170. The number of hydrogen-bond donors (Lipinski definition) is 0. The van der Waals surface area contributed by atoms with E-state index in [-0.39, 0.29) is 25.0 Å². The zero-order valence-corrected chi connectivity index (χ0v) is 20.7. The van der Waals surface area contributed by atoms with Crippen LogP contribution in [0.4, 0.5) is 0 Å². The van der Waals surface area contributed by atoms with Crippen molar-refractivity contribution in [1.29, 1.82) is 0 Å². The van der Waals surface area contributed by atoms with Gasteiger partial charge < -0.3 is 28.7 Å². The van der Waals surface area contributed by atoms with Gasteiger partial charge in [0, 0.05) is 51.9 Å². The maximum atomic E-state index is 12.9. The molecule has 3 heterocycles. The SMILES string of the molecule is COc1cc2c(cc1OC)CC(=O)N(CCC(=O)N1CCN(Cc3ccc4c(c3)OCO4)CC1)C=C2. The van der Waals surface area contributed by atoms with Gasteiger partial charge >= 0.3 is 0 Å². The summed E-state index contributed by atoms with van der Waals surface area (Å²) in [5.74, 6) is 2.83. The van der Waals surface area contributed by atoms with Gasteiger partial charge in [-0.2, -0.15) is 0 Å². The number of carbonyl (C=O) groups excluding carboxylic acids is 2. The fraction of sp³-hybridized carbons (Fsp3) is 0.407. The highest BCUT2D eigenvalue weighted by atomic mass is 16.7. The predicted molar refractivity (Wildman–Crippen MR) is 133 cm³/mol. The maximum absolute atomic E-state index is 12.9. The number of hydrogen-bond acceptors (Lipinski definition) is 7. The molecule has 1 fully saturated rings. The first kappa shape index (κ1) is 24.0. The van der Waals surface area contributed by atoms with Crippen LogP contribution in [0.5, 0.6) is 23.0 Å². The second-order valence-corrected chi connectivity index (χ2v) is 9.08. The van der Waals surface area contributed by atoms with Crippen molar-refractivity contribution in [3.8, 4) is 23.0 Å². The topological polar surface area (TPSA) is 80.8 Å². The molecule has 190 valence electrons. The molecule has 2 aromatic carbocycles. The number of nitrogens with zero attached hydrogens (tertiary/aromatic N) is 3. The molecule has 0 bridgehead atoms. The fourth-order valence-corrected chi connectivity index (χ4v) is 4.79. The van der Waals surface area contributed by atoms with Gasteiger partial charge in [-0.3, -0.25) is 14.5 Å². The lowest BCUT2D eigenvalue weighted by molar-refractivity contribution is -0.134. The molecule has 5 rings (SSSR count). The molecule has 0 spiro atoms. The summed E-state index contributed by atoms with van der Waals surface area (Å²) in [5, 5.41) is 0. The van der Waals surface area contributed by atoms with E-state index in [1.165, 1.54) is 5.56 Å². The number of methoxy groups -OCH3 is 2. The van der Waals surface area contributed by atoms with Crippen molar-refractivity contribution in [2.45, 2.75) is 19.4 Å². The van der Waals surface area contributed by atoms with E-state index in [2.05, 4.69) is 11.0 Å². The first-order valence-corrected chi connectivity index (χ1v) is 12.2. The lowest BCUT2D eigenvalue weighted by atomic mass is 10.0. The number of ether oxygens (including phenoxy) is 4. The van der Waals surface area contributed by atoms with Gasteiger partial charge in [-0.1, -0.05) is 6.07 Å². The van der Waals surface area contributed by atoms with Crippen LogP contribution >= 0.6 is 0 Å². The van der Waals surface area contributed by atoms with E-state index in [1.54, 1.807) is 25.3 Å². The Kier molecular flexibility index (Phi) is 6.99. The first-order valence-electron chi connectivity index (χ1n) is 12.2. The monoisotopic (exact) mass is 493 g/mol. The third kappa shape index (κ3) is 5.11. The van der Waals surface area contributed by atoms with Crippen LogP contribution in [0.25, 0.3) is 6.08 Å². The summed E-state index contributed by atoms with van der Waals surface area (Å²) in [5.41, 5.74) is 2.96. The molecule has 0 N–H and O–H groups in total. The van der Waals surface area contributed by atoms with Gasteiger partial charge in [0.05, 0.1) is 20.6 Å². The summed E-state index contributed by atoms with van der Waals surface area (Å²) in [6, 6.07) is 9.74. The molecule has 2 amide bonds. The summed E-state index contributed by atoms with van der Waals surface area (Å²) >= 11 is 0. The molecule has 2 aromatic rings. The largest absolute Gasteiger partial charge is 0.493 e. The van der Waals surface area contributed by atoms with Crippen LogP contribution in [0.2, 0.25) is 0 Å². The highest BCUT2D eigenvalue weighted by Gasteiger charge is 2.24. The molecule has 0 aliphatic carbocycles. The minimum Gasteiger partial charge on any atom is -0.493 e. The van der Waals surface area contributed by atoms with E-state index in [9.17, 15) is 9.59 Å². The smallest absolute Gasteiger partial charge is 0.231 e. The molecule has 9 nitrogen and oxygen atoms in total. The van der Waals surface area contributed by atoms with E-state index < -0.39 is 0 Å². The summed E-state index contributed by atoms with van der Waals surface area (Å²) in [4.78, 5) is 31.6. The normalized spacial score (nSPS) is 17.1. The van der Waals surface area contributed by atoms with Crippen LogP contribution in [0.1, 0.15) is 23.1 Å². The molecule has 3 aliphatic rings. The third-order valence-corrected chi connectivity index (χ3v) is 6.88. The van der Waals surface area contributed by atoms with Gasteiger partial charge in [0.2, 0.25) is 18.6 Å². The Morgan fingerprint density at radius 3 is 2.50 bits per heavy atom. The van der Waals surface area contributed by atoms with Gasteiger partial charge in [0.1, 0.15) is 0 Å². The molecular weight excluding hydrogens is 462 g/mol. The van der Waals surface area contributed by atoms with Crippen LogP contribution in [0.15, 0.2) is 36.5 Å². The van der Waals surface area contributed by atoms with Crippen molar-refractivity contribution in [1.82, 2.24) is 14.7 Å². The average molecular weight is 494 g/mol. The lowest BCUT2D eigenvalue weighted by Gasteiger charge is -2.35. The van der Waals surface area contributed by atoms with Crippen molar-refractivity contribution in [3.63, 3.8) is 0 Å². The minimum atomic E-state index is -0.0430. The zero-order chi connectivity index (χ0) is 25.1. The van der Waals surface area contributed by atoms with Crippen molar-refractivity contribution >= 4 is 17.9 Å². The van der Waals surface area contributed by atoms with Gasteiger partial charge in [0.25, 0.3) is 0 Å². The molecule has 1 saturated heterocycles. The number of piperazine rings is 1. The highest BCUT2D eigenvalue weighted by Crippen LogP contribution is 2.34. The Labute approximate surface area is 210 Å². The molecule has 0 radical (unpaired) electrons. The summed E-state index contributed by atoms with van der Waals surface area (Å²) in [6.45, 7) is 4.41. The van der Waals surface area contributed by atoms with Gasteiger partial charge in [-0.05, 0) is 47.0 Å². The molecular formula is C27H31N3O6. The zero-order valence-electron chi connectivity index (χ0n) is 20.7. The maximum Gasteiger partial charge on any atom is 0.231 e. The Morgan fingerprint density at radius 2 is 1.72 bits per heavy atom. The van der Waals surface area contributed by atoms with Crippen LogP contribution in [-0.4, -0.2) is 80.3 Å². The quantitative estimate of drug-likeness (QED) is 0.586. The Hall–Kier alpha value is -3.72. The molecule has 0 atom stereocenters. The van der Waals surface area contributed by atoms with Crippen molar-refractivity contribution in [2.75, 3.05) is 53.7 Å². The lowest BCUT2D eigenvalue weighted by Crippen LogP contribution is -2.48. The third-order valence-electron chi connectivity index (χ3n) is 6.88. The van der Waals surface area contributed by atoms with Crippen LogP contribution < -0.4 is 18.9 Å². The van der Waals surface area contributed by atoms with E-state index in [4.69, 9.17) is 18.9 Å². The van der Waals surface area contributed by atoms with Crippen LogP contribution in [0.3, 0.4) is 0 Å². The molecule has 0 saturated carbocycles. The predicted octanol–water partition coefficient (Wildman–Crippen LogP) is 2.52. The first-order chi connectivity index (χ1) is 17.5. The summed E-state index contributed by atoms with van der Waals surface area (Å²) in [6.07, 6.45) is 4.19. The molecule has 0 unspecified atom stereocenters. The Morgan fingerprint density at radius 1 is 0.972 bits per heavy atom. The van der Waals surface area contributed by atoms with E-state index in [0.717, 1.165) is 42.3 Å². The second kappa shape index (κ2) is 10.5.